The molecule has 1 rings (SSSR count). The van der Waals surface area contributed by atoms with E-state index < -0.39 is 0 Å². The van der Waals surface area contributed by atoms with Gasteiger partial charge in [-0.05, 0) is 39.9 Å². The van der Waals surface area contributed by atoms with Crippen LogP contribution in [0.2, 0.25) is 0 Å². The average molecular weight is 246 g/mol. The Morgan fingerprint density at radius 1 is 1.31 bits per heavy atom. The maximum atomic E-state index is 5.62. The van der Waals surface area contributed by atoms with Crippen LogP contribution in [0.15, 0.2) is 0 Å². The highest BCUT2D eigenvalue weighted by molar-refractivity contribution is 7.80. The third-order valence-electron chi connectivity index (χ3n) is 2.66. The minimum absolute atomic E-state index is 0.0353. The molecule has 1 saturated heterocycles. The standard InChI is InChI=1S/C11H22N2O2S/c1-5-13(6-2)11(16)12-10-7-8(3)14-9(4)15-10/h8-10H,5-7H2,1-4H3,(H,12,16)/t8-,9-,10+/m1/s1. The van der Waals surface area contributed by atoms with Crippen LogP contribution in [0.3, 0.4) is 0 Å². The third kappa shape index (κ3) is 3.88. The third-order valence-corrected chi connectivity index (χ3v) is 3.04. The van der Waals surface area contributed by atoms with Crippen LogP contribution in [0, 0.1) is 0 Å². The van der Waals surface area contributed by atoms with Crippen LogP contribution in [-0.2, 0) is 9.47 Å². The van der Waals surface area contributed by atoms with Crippen molar-refractivity contribution in [2.45, 2.75) is 52.7 Å². The molecule has 0 aromatic heterocycles. The summed E-state index contributed by atoms with van der Waals surface area (Å²) in [5, 5.41) is 4.00. The number of rotatable bonds is 3. The van der Waals surface area contributed by atoms with Crippen LogP contribution in [0.25, 0.3) is 0 Å². The van der Waals surface area contributed by atoms with Crippen LogP contribution in [0.1, 0.15) is 34.1 Å². The fraction of sp³-hybridized carbons (Fsp3) is 0.909. The molecule has 1 aliphatic heterocycles. The Balaban J connectivity index is 2.43. The van der Waals surface area contributed by atoms with E-state index in [1.807, 2.05) is 13.8 Å². The molecule has 1 fully saturated rings. The van der Waals surface area contributed by atoms with Crippen LogP contribution in [0.4, 0.5) is 0 Å². The van der Waals surface area contributed by atoms with Gasteiger partial charge >= 0.3 is 0 Å². The predicted octanol–water partition coefficient (Wildman–Crippen LogP) is 1.70. The zero-order valence-electron chi connectivity index (χ0n) is 10.5. The van der Waals surface area contributed by atoms with Crippen molar-refractivity contribution in [2.75, 3.05) is 13.1 Å². The van der Waals surface area contributed by atoms with E-state index in [1.165, 1.54) is 0 Å². The van der Waals surface area contributed by atoms with E-state index in [2.05, 4.69) is 24.1 Å². The summed E-state index contributed by atoms with van der Waals surface area (Å²) in [5.74, 6) is 0. The maximum Gasteiger partial charge on any atom is 0.170 e. The Bertz CT molecular complexity index is 224. The Hall–Kier alpha value is -0.390. The number of nitrogens with zero attached hydrogens (tertiary/aromatic N) is 1. The van der Waals surface area contributed by atoms with Gasteiger partial charge < -0.3 is 19.7 Å². The SMILES string of the molecule is CCN(CC)C(=S)N[C@@H]1C[C@@H](C)O[C@@H](C)O1. The van der Waals surface area contributed by atoms with Gasteiger partial charge in [-0.3, -0.25) is 0 Å². The van der Waals surface area contributed by atoms with Crippen LogP contribution >= 0.6 is 12.2 Å². The molecule has 0 unspecified atom stereocenters. The molecule has 0 amide bonds. The number of thiocarbonyl (C=S) groups is 1. The molecule has 0 radical (unpaired) electrons. The summed E-state index contributed by atoms with van der Waals surface area (Å²) in [4.78, 5) is 2.10. The first kappa shape index (κ1) is 13.7. The first-order chi connectivity index (χ1) is 7.56. The van der Waals surface area contributed by atoms with Crippen molar-refractivity contribution in [3.8, 4) is 0 Å². The van der Waals surface area contributed by atoms with E-state index in [4.69, 9.17) is 21.7 Å². The van der Waals surface area contributed by atoms with Crippen LogP contribution < -0.4 is 5.32 Å². The van der Waals surface area contributed by atoms with Gasteiger partial charge in [-0.25, -0.2) is 0 Å². The topological polar surface area (TPSA) is 33.7 Å². The molecule has 94 valence electrons. The lowest BCUT2D eigenvalue weighted by atomic mass is 10.2. The number of hydrogen-bond donors (Lipinski definition) is 1. The molecule has 1 heterocycles. The molecule has 1 N–H and O–H groups in total. The molecule has 5 heteroatoms. The summed E-state index contributed by atoms with van der Waals surface area (Å²) in [7, 11) is 0. The molecule has 3 atom stereocenters. The normalized spacial score (nSPS) is 29.9. The quantitative estimate of drug-likeness (QED) is 0.767. The fourth-order valence-electron chi connectivity index (χ4n) is 1.84. The minimum atomic E-state index is -0.166. The number of nitrogens with one attached hydrogen (secondary N) is 1. The summed E-state index contributed by atoms with van der Waals surface area (Å²) >= 11 is 5.33. The summed E-state index contributed by atoms with van der Waals surface area (Å²) < 4.78 is 11.1. The maximum absolute atomic E-state index is 5.62. The molecular formula is C11H22N2O2S. The minimum Gasteiger partial charge on any atom is -0.350 e. The predicted molar refractivity (Wildman–Crippen MR) is 68.2 cm³/mol. The van der Waals surface area contributed by atoms with E-state index in [1.54, 1.807) is 0 Å². The molecule has 0 aromatic rings. The highest BCUT2D eigenvalue weighted by Gasteiger charge is 2.25. The van der Waals surface area contributed by atoms with Gasteiger partial charge in [0.25, 0.3) is 0 Å². The van der Waals surface area contributed by atoms with E-state index >= 15 is 0 Å². The summed E-state index contributed by atoms with van der Waals surface area (Å²) in [5.41, 5.74) is 0. The number of ether oxygens (including phenoxy) is 2. The van der Waals surface area contributed by atoms with Gasteiger partial charge in [0.1, 0.15) is 6.23 Å². The Kier molecular flexibility index (Phi) is 5.44. The number of hydrogen-bond acceptors (Lipinski definition) is 3. The molecule has 0 aromatic carbocycles. The monoisotopic (exact) mass is 246 g/mol. The van der Waals surface area contributed by atoms with Gasteiger partial charge in [-0.15, -0.1) is 0 Å². The van der Waals surface area contributed by atoms with Gasteiger partial charge in [0.2, 0.25) is 0 Å². The molecule has 4 nitrogen and oxygen atoms in total. The van der Waals surface area contributed by atoms with Gasteiger partial charge in [0.15, 0.2) is 11.4 Å². The van der Waals surface area contributed by atoms with Gasteiger partial charge in [-0.2, -0.15) is 0 Å². The van der Waals surface area contributed by atoms with Crippen molar-refractivity contribution in [1.82, 2.24) is 10.2 Å². The Morgan fingerprint density at radius 3 is 2.44 bits per heavy atom. The second-order valence-electron chi connectivity index (χ2n) is 4.00. The van der Waals surface area contributed by atoms with E-state index in [-0.39, 0.29) is 18.6 Å². The van der Waals surface area contributed by atoms with Gasteiger partial charge in [-0.1, -0.05) is 0 Å². The van der Waals surface area contributed by atoms with E-state index in [0.717, 1.165) is 24.6 Å². The highest BCUT2D eigenvalue weighted by atomic mass is 32.1. The molecule has 0 saturated carbocycles. The Morgan fingerprint density at radius 2 is 1.94 bits per heavy atom. The molecule has 0 bridgehead atoms. The summed E-state index contributed by atoms with van der Waals surface area (Å²) in [6.07, 6.45) is 0.833. The van der Waals surface area contributed by atoms with Crippen molar-refractivity contribution in [3.63, 3.8) is 0 Å². The summed E-state index contributed by atoms with van der Waals surface area (Å²) in [6.45, 7) is 9.97. The fourth-order valence-corrected chi connectivity index (χ4v) is 2.23. The lowest BCUT2D eigenvalue weighted by Crippen LogP contribution is -2.50. The van der Waals surface area contributed by atoms with E-state index in [0.29, 0.717) is 0 Å². The first-order valence-electron chi connectivity index (χ1n) is 5.93. The Labute approximate surface area is 103 Å². The highest BCUT2D eigenvalue weighted by Crippen LogP contribution is 2.16. The van der Waals surface area contributed by atoms with Crippen molar-refractivity contribution in [2.24, 2.45) is 0 Å². The van der Waals surface area contributed by atoms with Crippen molar-refractivity contribution in [1.29, 1.82) is 0 Å². The molecule has 0 aliphatic carbocycles. The van der Waals surface area contributed by atoms with Gasteiger partial charge in [0.05, 0.1) is 6.10 Å². The van der Waals surface area contributed by atoms with Crippen LogP contribution in [-0.4, -0.2) is 41.7 Å². The van der Waals surface area contributed by atoms with Crippen molar-refractivity contribution in [3.05, 3.63) is 0 Å². The molecular weight excluding hydrogens is 224 g/mol. The molecule has 1 aliphatic rings. The van der Waals surface area contributed by atoms with Crippen molar-refractivity contribution >= 4 is 17.3 Å². The van der Waals surface area contributed by atoms with E-state index in [9.17, 15) is 0 Å². The lowest BCUT2D eigenvalue weighted by Gasteiger charge is -2.35. The second kappa shape index (κ2) is 6.37. The van der Waals surface area contributed by atoms with Crippen molar-refractivity contribution < 1.29 is 9.47 Å². The lowest BCUT2D eigenvalue weighted by molar-refractivity contribution is -0.232. The molecule has 0 spiro atoms. The largest absolute Gasteiger partial charge is 0.350 e. The molecule has 16 heavy (non-hydrogen) atoms. The second-order valence-corrected chi connectivity index (χ2v) is 4.38. The first-order valence-corrected chi connectivity index (χ1v) is 6.34. The zero-order valence-corrected chi connectivity index (χ0v) is 11.3. The summed E-state index contributed by atoms with van der Waals surface area (Å²) in [6, 6.07) is 0. The zero-order chi connectivity index (χ0) is 12.1. The van der Waals surface area contributed by atoms with Crippen LogP contribution in [0.5, 0.6) is 0 Å². The smallest absolute Gasteiger partial charge is 0.170 e. The van der Waals surface area contributed by atoms with Gasteiger partial charge in [0, 0.05) is 19.5 Å². The average Bonchev–Trinajstić information content (AvgIpc) is 2.17.